The van der Waals surface area contributed by atoms with Gasteiger partial charge < -0.3 is 15.2 Å². The highest BCUT2D eigenvalue weighted by Gasteiger charge is 2.11. The normalized spacial score (nSPS) is 12.6. The first-order valence-electron chi connectivity index (χ1n) is 4.27. The Kier molecular flexibility index (Phi) is 3.85. The molecule has 0 bridgehead atoms. The zero-order valence-corrected chi connectivity index (χ0v) is 8.29. The van der Waals surface area contributed by atoms with Crippen molar-refractivity contribution in [2.45, 2.75) is 6.04 Å². The van der Waals surface area contributed by atoms with Crippen LogP contribution in [-0.2, 0) is 4.74 Å². The van der Waals surface area contributed by atoms with Crippen molar-refractivity contribution in [1.82, 2.24) is 0 Å². The van der Waals surface area contributed by atoms with Crippen LogP contribution in [0.5, 0.6) is 5.75 Å². The van der Waals surface area contributed by atoms with E-state index in [0.717, 1.165) is 0 Å². The van der Waals surface area contributed by atoms with Crippen molar-refractivity contribution in [3.63, 3.8) is 0 Å². The van der Waals surface area contributed by atoms with Gasteiger partial charge in [0, 0.05) is 18.7 Å². The van der Waals surface area contributed by atoms with E-state index < -0.39 is 6.04 Å². The Morgan fingerprint density at radius 3 is 2.64 bits per heavy atom. The van der Waals surface area contributed by atoms with Gasteiger partial charge in [-0.25, -0.2) is 4.39 Å². The van der Waals surface area contributed by atoms with Crippen molar-refractivity contribution in [2.75, 3.05) is 20.8 Å². The number of rotatable bonds is 4. The van der Waals surface area contributed by atoms with Gasteiger partial charge in [0.2, 0.25) is 0 Å². The highest BCUT2D eigenvalue weighted by molar-refractivity contribution is 5.30. The maximum Gasteiger partial charge on any atom is 0.131 e. The Balaban J connectivity index is 2.88. The third-order valence-electron chi connectivity index (χ3n) is 1.95. The number of hydrogen-bond acceptors (Lipinski definition) is 3. The van der Waals surface area contributed by atoms with E-state index in [1.807, 2.05) is 0 Å². The van der Waals surface area contributed by atoms with Gasteiger partial charge in [0.1, 0.15) is 11.6 Å². The van der Waals surface area contributed by atoms with E-state index in [2.05, 4.69) is 0 Å². The summed E-state index contributed by atoms with van der Waals surface area (Å²) in [6, 6.07) is 4.15. The maximum absolute atomic E-state index is 13.4. The molecule has 3 nitrogen and oxygen atoms in total. The molecular weight excluding hydrogens is 185 g/mol. The van der Waals surface area contributed by atoms with Crippen molar-refractivity contribution in [1.29, 1.82) is 0 Å². The second-order valence-electron chi connectivity index (χ2n) is 2.95. The molecule has 0 saturated carbocycles. The Morgan fingerprint density at radius 1 is 1.43 bits per heavy atom. The molecule has 0 heterocycles. The lowest BCUT2D eigenvalue weighted by atomic mass is 10.1. The smallest absolute Gasteiger partial charge is 0.131 e. The third kappa shape index (κ3) is 2.43. The first kappa shape index (κ1) is 10.9. The van der Waals surface area contributed by atoms with Crippen LogP contribution in [0.2, 0.25) is 0 Å². The van der Waals surface area contributed by atoms with Crippen LogP contribution in [0.15, 0.2) is 18.2 Å². The number of benzene rings is 1. The lowest BCUT2D eigenvalue weighted by Gasteiger charge is -2.12. The molecule has 0 unspecified atom stereocenters. The predicted octanol–water partition coefficient (Wildman–Crippen LogP) is 1.48. The first-order valence-corrected chi connectivity index (χ1v) is 4.27. The molecular formula is C10H14FNO2. The quantitative estimate of drug-likeness (QED) is 0.798. The number of halogens is 1. The minimum absolute atomic E-state index is 0.295. The molecule has 14 heavy (non-hydrogen) atoms. The van der Waals surface area contributed by atoms with E-state index in [9.17, 15) is 4.39 Å². The molecule has 1 aromatic carbocycles. The van der Waals surface area contributed by atoms with Crippen molar-refractivity contribution < 1.29 is 13.9 Å². The Hall–Kier alpha value is -1.13. The molecule has 0 aliphatic rings. The monoisotopic (exact) mass is 199 g/mol. The molecule has 78 valence electrons. The Labute approximate surface area is 82.6 Å². The van der Waals surface area contributed by atoms with E-state index in [1.54, 1.807) is 12.1 Å². The zero-order chi connectivity index (χ0) is 10.6. The van der Waals surface area contributed by atoms with Crippen LogP contribution < -0.4 is 10.5 Å². The van der Waals surface area contributed by atoms with Gasteiger partial charge in [0.05, 0.1) is 19.8 Å². The van der Waals surface area contributed by atoms with Crippen molar-refractivity contribution in [3.05, 3.63) is 29.6 Å². The van der Waals surface area contributed by atoms with Crippen LogP contribution >= 0.6 is 0 Å². The SMILES string of the molecule is COC[C@@H](N)c1ccc(OC)cc1F. The summed E-state index contributed by atoms with van der Waals surface area (Å²) in [5.41, 5.74) is 6.13. The van der Waals surface area contributed by atoms with Gasteiger partial charge in [-0.2, -0.15) is 0 Å². The van der Waals surface area contributed by atoms with Crippen molar-refractivity contribution >= 4 is 0 Å². The van der Waals surface area contributed by atoms with Crippen LogP contribution in [-0.4, -0.2) is 20.8 Å². The summed E-state index contributed by atoms with van der Waals surface area (Å²) < 4.78 is 23.1. The molecule has 1 aromatic rings. The lowest BCUT2D eigenvalue weighted by Crippen LogP contribution is -2.17. The van der Waals surface area contributed by atoms with Gasteiger partial charge in [-0.1, -0.05) is 6.07 Å². The average molecular weight is 199 g/mol. The average Bonchev–Trinajstić information content (AvgIpc) is 2.17. The number of nitrogens with two attached hydrogens (primary N) is 1. The van der Waals surface area contributed by atoms with Crippen LogP contribution in [0.4, 0.5) is 4.39 Å². The summed E-state index contributed by atoms with van der Waals surface area (Å²) in [7, 11) is 3.02. The summed E-state index contributed by atoms with van der Waals surface area (Å²) in [4.78, 5) is 0. The van der Waals surface area contributed by atoms with Crippen LogP contribution in [0.25, 0.3) is 0 Å². The van der Waals surface area contributed by atoms with Gasteiger partial charge in [-0.15, -0.1) is 0 Å². The van der Waals surface area contributed by atoms with Crippen molar-refractivity contribution in [3.8, 4) is 5.75 Å². The predicted molar refractivity (Wildman–Crippen MR) is 51.8 cm³/mol. The van der Waals surface area contributed by atoms with E-state index >= 15 is 0 Å². The minimum atomic E-state index is -0.439. The fraction of sp³-hybridized carbons (Fsp3) is 0.400. The molecule has 0 aliphatic carbocycles. The van der Waals surface area contributed by atoms with Crippen LogP contribution in [0.3, 0.4) is 0 Å². The Morgan fingerprint density at radius 2 is 2.14 bits per heavy atom. The van der Waals surface area contributed by atoms with E-state index in [4.69, 9.17) is 15.2 Å². The summed E-state index contributed by atoms with van der Waals surface area (Å²) in [5, 5.41) is 0. The molecule has 0 saturated heterocycles. The van der Waals surface area contributed by atoms with Gasteiger partial charge in [0.25, 0.3) is 0 Å². The molecule has 0 radical (unpaired) electrons. The summed E-state index contributed by atoms with van der Waals surface area (Å²) in [5.74, 6) is 0.116. The molecule has 1 atom stereocenters. The lowest BCUT2D eigenvalue weighted by molar-refractivity contribution is 0.179. The van der Waals surface area contributed by atoms with E-state index in [0.29, 0.717) is 17.9 Å². The molecule has 0 fully saturated rings. The maximum atomic E-state index is 13.4. The highest BCUT2D eigenvalue weighted by Crippen LogP contribution is 2.20. The van der Waals surface area contributed by atoms with E-state index in [-0.39, 0.29) is 5.82 Å². The second kappa shape index (κ2) is 4.93. The molecule has 0 aliphatic heterocycles. The molecule has 0 spiro atoms. The van der Waals surface area contributed by atoms with Gasteiger partial charge in [-0.3, -0.25) is 0 Å². The fourth-order valence-electron chi connectivity index (χ4n) is 1.20. The first-order chi connectivity index (χ1) is 6.69. The largest absolute Gasteiger partial charge is 0.497 e. The molecule has 4 heteroatoms. The third-order valence-corrected chi connectivity index (χ3v) is 1.95. The standard InChI is InChI=1S/C10H14FNO2/c1-13-6-10(12)8-4-3-7(14-2)5-9(8)11/h3-5,10H,6,12H2,1-2H3/t10-/m1/s1. The fourth-order valence-corrected chi connectivity index (χ4v) is 1.20. The summed E-state index contributed by atoms with van der Waals surface area (Å²) >= 11 is 0. The zero-order valence-electron chi connectivity index (χ0n) is 8.29. The van der Waals surface area contributed by atoms with Gasteiger partial charge in [0.15, 0.2) is 0 Å². The van der Waals surface area contributed by atoms with Gasteiger partial charge >= 0.3 is 0 Å². The van der Waals surface area contributed by atoms with Crippen molar-refractivity contribution in [2.24, 2.45) is 5.73 Å². The van der Waals surface area contributed by atoms with Crippen LogP contribution in [0, 0.1) is 5.82 Å². The number of ether oxygens (including phenoxy) is 2. The summed E-state index contributed by atoms with van der Waals surface area (Å²) in [6.45, 7) is 0.295. The second-order valence-corrected chi connectivity index (χ2v) is 2.95. The molecule has 1 rings (SSSR count). The molecule has 0 aromatic heterocycles. The topological polar surface area (TPSA) is 44.5 Å². The summed E-state index contributed by atoms with van der Waals surface area (Å²) in [6.07, 6.45) is 0. The van der Waals surface area contributed by atoms with Gasteiger partial charge in [-0.05, 0) is 6.07 Å². The minimum Gasteiger partial charge on any atom is -0.497 e. The number of hydrogen-bond donors (Lipinski definition) is 1. The molecule has 2 N–H and O–H groups in total. The number of methoxy groups -OCH3 is 2. The van der Waals surface area contributed by atoms with Crippen LogP contribution in [0.1, 0.15) is 11.6 Å². The highest BCUT2D eigenvalue weighted by atomic mass is 19.1. The molecule has 0 amide bonds. The Bertz CT molecular complexity index is 304. The van der Waals surface area contributed by atoms with E-state index in [1.165, 1.54) is 20.3 Å².